The molecule has 0 saturated heterocycles. The molecule has 0 saturated carbocycles. The molecule has 1 heterocycles. The lowest BCUT2D eigenvalue weighted by Gasteiger charge is -1.93. The van der Waals surface area contributed by atoms with E-state index in [1.165, 1.54) is 0 Å². The van der Waals surface area contributed by atoms with Crippen molar-refractivity contribution < 1.29 is 0 Å². The molecule has 0 bridgehead atoms. The van der Waals surface area contributed by atoms with Gasteiger partial charge in [-0.3, -0.25) is 4.79 Å². The third-order valence-electron chi connectivity index (χ3n) is 1.38. The van der Waals surface area contributed by atoms with Gasteiger partial charge in [0.15, 0.2) is 0 Å². The number of nitrogens with one attached hydrogen (secondary N) is 1. The standard InChI is InChI=1S/C7H10N2O/c1-3-6-4-8-5(2)9-7(6)10/h4H,3H2,1-2H3,(H,8,9,10). The van der Waals surface area contributed by atoms with E-state index in [-0.39, 0.29) is 5.56 Å². The van der Waals surface area contributed by atoms with Crippen LogP contribution in [0.2, 0.25) is 0 Å². The molecule has 0 spiro atoms. The molecular formula is C7H10N2O. The third-order valence-corrected chi connectivity index (χ3v) is 1.38. The fourth-order valence-corrected chi connectivity index (χ4v) is 0.762. The molecule has 1 aromatic rings. The van der Waals surface area contributed by atoms with Crippen molar-refractivity contribution >= 4 is 0 Å². The van der Waals surface area contributed by atoms with Crippen molar-refractivity contribution in [1.29, 1.82) is 0 Å². The highest BCUT2D eigenvalue weighted by Gasteiger charge is 1.94. The van der Waals surface area contributed by atoms with E-state index in [1.807, 2.05) is 6.92 Å². The van der Waals surface area contributed by atoms with E-state index >= 15 is 0 Å². The maximum atomic E-state index is 11.0. The maximum Gasteiger partial charge on any atom is 0.254 e. The van der Waals surface area contributed by atoms with Gasteiger partial charge < -0.3 is 4.98 Å². The first-order valence-electron chi connectivity index (χ1n) is 3.29. The molecule has 0 aliphatic heterocycles. The second-order valence-electron chi connectivity index (χ2n) is 2.18. The first-order valence-corrected chi connectivity index (χ1v) is 3.29. The van der Waals surface area contributed by atoms with Crippen LogP contribution in [0.15, 0.2) is 11.0 Å². The van der Waals surface area contributed by atoms with Crippen LogP contribution in [0.25, 0.3) is 0 Å². The number of hydrogen-bond donors (Lipinski definition) is 1. The summed E-state index contributed by atoms with van der Waals surface area (Å²) in [5.74, 6) is 0.669. The highest BCUT2D eigenvalue weighted by molar-refractivity contribution is 5.04. The van der Waals surface area contributed by atoms with Gasteiger partial charge in [-0.15, -0.1) is 0 Å². The van der Waals surface area contributed by atoms with Crippen molar-refractivity contribution in [3.05, 3.63) is 27.9 Å². The van der Waals surface area contributed by atoms with Crippen molar-refractivity contribution in [2.24, 2.45) is 0 Å². The molecule has 0 fully saturated rings. The molecule has 0 aliphatic carbocycles. The van der Waals surface area contributed by atoms with Gasteiger partial charge >= 0.3 is 0 Å². The fraction of sp³-hybridized carbons (Fsp3) is 0.429. The van der Waals surface area contributed by atoms with Crippen molar-refractivity contribution in [2.45, 2.75) is 20.3 Å². The topological polar surface area (TPSA) is 45.8 Å². The van der Waals surface area contributed by atoms with E-state index < -0.39 is 0 Å². The number of aromatic amines is 1. The van der Waals surface area contributed by atoms with E-state index in [9.17, 15) is 4.79 Å². The Labute approximate surface area is 59.1 Å². The van der Waals surface area contributed by atoms with Crippen LogP contribution in [-0.2, 0) is 6.42 Å². The van der Waals surface area contributed by atoms with Crippen molar-refractivity contribution in [3.63, 3.8) is 0 Å². The van der Waals surface area contributed by atoms with Crippen molar-refractivity contribution in [2.75, 3.05) is 0 Å². The molecule has 1 N–H and O–H groups in total. The molecule has 10 heavy (non-hydrogen) atoms. The molecule has 0 radical (unpaired) electrons. The second kappa shape index (κ2) is 2.64. The summed E-state index contributed by atoms with van der Waals surface area (Å²) in [5.41, 5.74) is 0.723. The molecule has 0 unspecified atom stereocenters. The molecule has 0 atom stereocenters. The molecule has 0 aromatic carbocycles. The van der Waals surface area contributed by atoms with Crippen LogP contribution >= 0.6 is 0 Å². The van der Waals surface area contributed by atoms with Crippen LogP contribution in [0, 0.1) is 6.92 Å². The summed E-state index contributed by atoms with van der Waals surface area (Å²) >= 11 is 0. The first kappa shape index (κ1) is 6.99. The predicted molar refractivity (Wildman–Crippen MR) is 39.0 cm³/mol. The number of hydrogen-bond acceptors (Lipinski definition) is 2. The van der Waals surface area contributed by atoms with Gasteiger partial charge in [-0.2, -0.15) is 0 Å². The van der Waals surface area contributed by atoms with Crippen LogP contribution in [-0.4, -0.2) is 9.97 Å². The van der Waals surface area contributed by atoms with E-state index in [2.05, 4.69) is 9.97 Å². The van der Waals surface area contributed by atoms with Gasteiger partial charge in [0, 0.05) is 11.8 Å². The first-order chi connectivity index (χ1) is 4.74. The van der Waals surface area contributed by atoms with E-state index in [0.29, 0.717) is 5.82 Å². The number of aromatic nitrogens is 2. The minimum atomic E-state index is -0.0185. The maximum absolute atomic E-state index is 11.0. The molecule has 0 aliphatic rings. The smallest absolute Gasteiger partial charge is 0.254 e. The monoisotopic (exact) mass is 138 g/mol. The van der Waals surface area contributed by atoms with E-state index in [1.54, 1.807) is 13.1 Å². The number of H-pyrrole nitrogens is 1. The molecule has 1 aromatic heterocycles. The van der Waals surface area contributed by atoms with Crippen LogP contribution < -0.4 is 5.56 Å². The highest BCUT2D eigenvalue weighted by atomic mass is 16.1. The minimum absolute atomic E-state index is 0.0185. The van der Waals surface area contributed by atoms with E-state index in [0.717, 1.165) is 12.0 Å². The number of nitrogens with zero attached hydrogens (tertiary/aromatic N) is 1. The predicted octanol–water partition coefficient (Wildman–Crippen LogP) is 0.641. The second-order valence-corrected chi connectivity index (χ2v) is 2.18. The summed E-state index contributed by atoms with van der Waals surface area (Å²) in [6.45, 7) is 3.70. The average Bonchev–Trinajstić information content (AvgIpc) is 1.88. The van der Waals surface area contributed by atoms with Gasteiger partial charge in [0.25, 0.3) is 5.56 Å². The zero-order valence-electron chi connectivity index (χ0n) is 6.14. The largest absolute Gasteiger partial charge is 0.311 e. The number of rotatable bonds is 1. The van der Waals surface area contributed by atoms with Crippen molar-refractivity contribution in [3.8, 4) is 0 Å². The van der Waals surface area contributed by atoms with Gasteiger partial charge in [0.1, 0.15) is 5.82 Å². The van der Waals surface area contributed by atoms with E-state index in [4.69, 9.17) is 0 Å². The molecular weight excluding hydrogens is 128 g/mol. The van der Waals surface area contributed by atoms with Crippen LogP contribution in [0.5, 0.6) is 0 Å². The van der Waals surface area contributed by atoms with Crippen molar-refractivity contribution in [1.82, 2.24) is 9.97 Å². The quantitative estimate of drug-likeness (QED) is 0.619. The Morgan fingerprint density at radius 3 is 2.90 bits per heavy atom. The Balaban J connectivity index is 3.20. The summed E-state index contributed by atoms with van der Waals surface area (Å²) in [6.07, 6.45) is 2.36. The Hall–Kier alpha value is -1.12. The lowest BCUT2D eigenvalue weighted by Crippen LogP contribution is -2.13. The molecule has 3 nitrogen and oxygen atoms in total. The lowest BCUT2D eigenvalue weighted by molar-refractivity contribution is 0.953. The average molecular weight is 138 g/mol. The third kappa shape index (κ3) is 1.23. The lowest BCUT2D eigenvalue weighted by atomic mass is 10.3. The molecule has 54 valence electrons. The van der Waals surface area contributed by atoms with Gasteiger partial charge in [0.2, 0.25) is 0 Å². The van der Waals surface area contributed by atoms with Gasteiger partial charge in [0.05, 0.1) is 0 Å². The Morgan fingerprint density at radius 1 is 1.70 bits per heavy atom. The molecule has 0 amide bonds. The highest BCUT2D eigenvalue weighted by Crippen LogP contribution is 1.87. The zero-order valence-corrected chi connectivity index (χ0v) is 6.14. The molecule has 1 rings (SSSR count). The van der Waals surface area contributed by atoms with Crippen LogP contribution in [0.3, 0.4) is 0 Å². The van der Waals surface area contributed by atoms with Gasteiger partial charge in [-0.1, -0.05) is 6.92 Å². The van der Waals surface area contributed by atoms with Gasteiger partial charge in [-0.25, -0.2) is 4.98 Å². The Kier molecular flexibility index (Phi) is 1.85. The Morgan fingerprint density at radius 2 is 2.40 bits per heavy atom. The fourth-order valence-electron chi connectivity index (χ4n) is 0.762. The summed E-state index contributed by atoms with van der Waals surface area (Å²) < 4.78 is 0. The SMILES string of the molecule is CCc1cnc(C)[nH]c1=O. The van der Waals surface area contributed by atoms with Gasteiger partial charge in [-0.05, 0) is 13.3 Å². The zero-order chi connectivity index (χ0) is 7.56. The van der Waals surface area contributed by atoms with Crippen LogP contribution in [0.4, 0.5) is 0 Å². The summed E-state index contributed by atoms with van der Waals surface area (Å²) in [6, 6.07) is 0. The summed E-state index contributed by atoms with van der Waals surface area (Å²) in [5, 5.41) is 0. The molecule has 3 heteroatoms. The van der Waals surface area contributed by atoms with Crippen LogP contribution in [0.1, 0.15) is 18.3 Å². The minimum Gasteiger partial charge on any atom is -0.311 e. The summed E-state index contributed by atoms with van der Waals surface area (Å²) in [7, 11) is 0. The number of aryl methyl sites for hydroxylation is 2. The Bertz CT molecular complexity index is 277. The normalized spacial score (nSPS) is 9.80. The summed E-state index contributed by atoms with van der Waals surface area (Å²) in [4.78, 5) is 17.6.